The minimum Gasteiger partial charge on any atom is -0.379 e. The van der Waals surface area contributed by atoms with Gasteiger partial charge < -0.3 is 10.1 Å². The van der Waals surface area contributed by atoms with Gasteiger partial charge in [-0.1, -0.05) is 0 Å². The van der Waals surface area contributed by atoms with Gasteiger partial charge in [0.25, 0.3) is 5.91 Å². The number of nitrogens with one attached hydrogen (secondary N) is 1. The molecule has 26 heavy (non-hydrogen) atoms. The van der Waals surface area contributed by atoms with Crippen LogP contribution in [0.3, 0.4) is 0 Å². The third-order valence-corrected chi connectivity index (χ3v) is 5.05. The fraction of sp³-hybridized carbons (Fsp3) is 0.389. The Kier molecular flexibility index (Phi) is 5.95. The van der Waals surface area contributed by atoms with E-state index in [4.69, 9.17) is 4.74 Å². The number of carbonyl (C=O) groups excluding carboxylic acids is 1. The van der Waals surface area contributed by atoms with Crippen molar-refractivity contribution in [3.8, 4) is 0 Å². The van der Waals surface area contributed by atoms with Crippen molar-refractivity contribution >= 4 is 17.2 Å². The monoisotopic (exact) mass is 384 g/mol. The summed E-state index contributed by atoms with van der Waals surface area (Å²) in [7, 11) is 0. The molecular weight excluding hydrogens is 365 g/mol. The highest BCUT2D eigenvalue weighted by Crippen LogP contribution is 2.29. The number of halogens is 3. The largest absolute Gasteiger partial charge is 0.416 e. The van der Waals surface area contributed by atoms with Crippen LogP contribution in [-0.4, -0.2) is 43.7 Å². The second-order valence-corrected chi connectivity index (χ2v) is 6.79. The Morgan fingerprint density at radius 1 is 1.19 bits per heavy atom. The number of benzene rings is 1. The van der Waals surface area contributed by atoms with Gasteiger partial charge in [-0.25, -0.2) is 0 Å². The van der Waals surface area contributed by atoms with Gasteiger partial charge in [0.1, 0.15) is 0 Å². The van der Waals surface area contributed by atoms with Crippen molar-refractivity contribution in [2.75, 3.05) is 32.8 Å². The fourth-order valence-electron chi connectivity index (χ4n) is 2.91. The molecular formula is C18H19F3N2O2S. The van der Waals surface area contributed by atoms with E-state index in [1.54, 1.807) is 11.3 Å². The molecule has 1 aromatic heterocycles. The quantitative estimate of drug-likeness (QED) is 0.857. The number of thiophene rings is 1. The molecule has 0 unspecified atom stereocenters. The minimum atomic E-state index is -4.41. The summed E-state index contributed by atoms with van der Waals surface area (Å²) in [6, 6.07) is 6.29. The molecule has 1 N–H and O–H groups in total. The molecule has 2 aromatic rings. The number of ether oxygens (including phenoxy) is 1. The molecule has 0 aliphatic carbocycles. The van der Waals surface area contributed by atoms with E-state index in [2.05, 4.69) is 10.2 Å². The van der Waals surface area contributed by atoms with Crippen molar-refractivity contribution in [1.29, 1.82) is 0 Å². The predicted molar refractivity (Wildman–Crippen MR) is 93.2 cm³/mol. The molecule has 140 valence electrons. The summed E-state index contributed by atoms with van der Waals surface area (Å²) in [6.45, 7) is 3.23. The maximum absolute atomic E-state index is 12.6. The van der Waals surface area contributed by atoms with Crippen molar-refractivity contribution in [3.05, 3.63) is 57.8 Å². The second-order valence-electron chi connectivity index (χ2n) is 6.01. The lowest BCUT2D eigenvalue weighted by molar-refractivity contribution is -0.137. The number of amides is 1. The number of carbonyl (C=O) groups is 1. The van der Waals surface area contributed by atoms with Gasteiger partial charge in [-0.3, -0.25) is 9.69 Å². The minimum absolute atomic E-state index is 0.0172. The first-order chi connectivity index (χ1) is 12.4. The Balaban J connectivity index is 1.65. The molecule has 0 saturated carbocycles. The molecule has 1 aliphatic rings. The zero-order chi connectivity index (χ0) is 18.6. The van der Waals surface area contributed by atoms with Gasteiger partial charge in [-0.15, -0.1) is 0 Å². The van der Waals surface area contributed by atoms with Gasteiger partial charge in [-0.05, 0) is 46.7 Å². The molecule has 3 rings (SSSR count). The highest BCUT2D eigenvalue weighted by molar-refractivity contribution is 7.07. The highest BCUT2D eigenvalue weighted by Gasteiger charge is 2.30. The third-order valence-electron chi connectivity index (χ3n) is 4.34. The topological polar surface area (TPSA) is 41.6 Å². The van der Waals surface area contributed by atoms with E-state index in [0.717, 1.165) is 30.8 Å². The molecule has 2 heterocycles. The molecule has 1 amide bonds. The maximum atomic E-state index is 12.6. The predicted octanol–water partition coefficient (Wildman–Crippen LogP) is 3.57. The third kappa shape index (κ3) is 4.63. The molecule has 1 fully saturated rings. The molecule has 1 atom stereocenters. The Bertz CT molecular complexity index is 711. The summed E-state index contributed by atoms with van der Waals surface area (Å²) >= 11 is 1.59. The number of rotatable bonds is 5. The smallest absolute Gasteiger partial charge is 0.379 e. The summed E-state index contributed by atoms with van der Waals surface area (Å²) in [5, 5.41) is 6.88. The molecule has 0 radical (unpaired) electrons. The highest BCUT2D eigenvalue weighted by atomic mass is 32.1. The molecule has 0 bridgehead atoms. The van der Waals surface area contributed by atoms with Crippen molar-refractivity contribution in [2.45, 2.75) is 12.2 Å². The first-order valence-corrected chi connectivity index (χ1v) is 9.19. The van der Waals surface area contributed by atoms with Crippen LogP contribution in [0.4, 0.5) is 13.2 Å². The van der Waals surface area contributed by atoms with E-state index in [9.17, 15) is 18.0 Å². The van der Waals surface area contributed by atoms with E-state index in [1.165, 1.54) is 12.1 Å². The number of hydrogen-bond acceptors (Lipinski definition) is 4. The number of morpholine rings is 1. The van der Waals surface area contributed by atoms with Crippen molar-refractivity contribution in [3.63, 3.8) is 0 Å². The lowest BCUT2D eigenvalue weighted by Crippen LogP contribution is -2.43. The summed E-state index contributed by atoms with van der Waals surface area (Å²) in [4.78, 5) is 14.6. The zero-order valence-electron chi connectivity index (χ0n) is 14.0. The van der Waals surface area contributed by atoms with E-state index >= 15 is 0 Å². The normalized spacial score (nSPS) is 17.0. The van der Waals surface area contributed by atoms with Crippen LogP contribution in [0.5, 0.6) is 0 Å². The number of alkyl halides is 3. The van der Waals surface area contributed by atoms with Crippen molar-refractivity contribution in [2.24, 2.45) is 0 Å². The van der Waals surface area contributed by atoms with Crippen LogP contribution in [0.1, 0.15) is 27.5 Å². The van der Waals surface area contributed by atoms with Crippen LogP contribution >= 0.6 is 11.3 Å². The molecule has 1 aromatic carbocycles. The van der Waals surface area contributed by atoms with Gasteiger partial charge in [0, 0.05) is 25.2 Å². The Morgan fingerprint density at radius 3 is 2.46 bits per heavy atom. The maximum Gasteiger partial charge on any atom is 0.416 e. The summed E-state index contributed by atoms with van der Waals surface area (Å²) in [5.41, 5.74) is 0.562. The Hall–Kier alpha value is -1.90. The summed E-state index contributed by atoms with van der Waals surface area (Å²) in [5.74, 6) is -0.382. The van der Waals surface area contributed by atoms with E-state index in [0.29, 0.717) is 19.8 Å². The van der Waals surface area contributed by atoms with Crippen LogP contribution in [0.15, 0.2) is 41.1 Å². The van der Waals surface area contributed by atoms with Gasteiger partial charge in [0.15, 0.2) is 0 Å². The van der Waals surface area contributed by atoms with Gasteiger partial charge in [0.2, 0.25) is 0 Å². The van der Waals surface area contributed by atoms with Gasteiger partial charge >= 0.3 is 6.18 Å². The number of hydrogen-bond donors (Lipinski definition) is 1. The molecule has 0 spiro atoms. The SMILES string of the molecule is O=C(NC[C@H](c1ccsc1)N1CCOCC1)c1ccc(C(F)(F)F)cc1. The average Bonchev–Trinajstić information content (AvgIpc) is 3.16. The molecule has 1 saturated heterocycles. The average molecular weight is 384 g/mol. The lowest BCUT2D eigenvalue weighted by atomic mass is 10.1. The van der Waals surface area contributed by atoms with Gasteiger partial charge in [-0.2, -0.15) is 24.5 Å². The van der Waals surface area contributed by atoms with Crippen LogP contribution in [-0.2, 0) is 10.9 Å². The van der Waals surface area contributed by atoms with Crippen LogP contribution in [0, 0.1) is 0 Å². The zero-order valence-corrected chi connectivity index (χ0v) is 14.8. The number of nitrogens with zero attached hydrogens (tertiary/aromatic N) is 1. The van der Waals surface area contributed by atoms with E-state index in [1.807, 2.05) is 16.8 Å². The first-order valence-electron chi connectivity index (χ1n) is 8.24. The second kappa shape index (κ2) is 8.20. The summed E-state index contributed by atoms with van der Waals surface area (Å²) in [6.07, 6.45) is -4.41. The summed E-state index contributed by atoms with van der Waals surface area (Å²) < 4.78 is 43.2. The fourth-order valence-corrected chi connectivity index (χ4v) is 3.62. The molecule has 1 aliphatic heterocycles. The van der Waals surface area contributed by atoms with Crippen LogP contribution in [0.2, 0.25) is 0 Å². The van der Waals surface area contributed by atoms with E-state index < -0.39 is 11.7 Å². The molecule has 4 nitrogen and oxygen atoms in total. The Labute approximate surface area is 153 Å². The van der Waals surface area contributed by atoms with Crippen molar-refractivity contribution < 1.29 is 22.7 Å². The van der Waals surface area contributed by atoms with Crippen LogP contribution in [0.25, 0.3) is 0 Å². The first kappa shape index (κ1) is 18.9. The lowest BCUT2D eigenvalue weighted by Gasteiger charge is -2.34. The van der Waals surface area contributed by atoms with Gasteiger partial charge in [0.05, 0.1) is 24.8 Å². The van der Waals surface area contributed by atoms with Crippen molar-refractivity contribution in [1.82, 2.24) is 10.2 Å². The van der Waals surface area contributed by atoms with Crippen LogP contribution < -0.4 is 5.32 Å². The standard InChI is InChI=1S/C18H19F3N2O2S/c19-18(20,21)15-3-1-13(2-4-15)17(24)22-11-16(14-5-10-26-12-14)23-6-8-25-9-7-23/h1-5,10,12,16H,6-9,11H2,(H,22,24)/t16-/m1/s1. The Morgan fingerprint density at radius 2 is 1.88 bits per heavy atom. The van der Waals surface area contributed by atoms with E-state index in [-0.39, 0.29) is 17.5 Å². The molecule has 8 heteroatoms.